The smallest absolute Gasteiger partial charge is 0.264 e. The molecule has 0 aliphatic carbocycles. The fourth-order valence-corrected chi connectivity index (χ4v) is 7.89. The molecule has 0 spiro atoms. The third kappa shape index (κ3) is 10.6. The van der Waals surface area contributed by atoms with Crippen molar-refractivity contribution >= 4 is 41.3 Å². The highest BCUT2D eigenvalue weighted by atomic mass is 16.5. The maximum Gasteiger partial charge on any atom is 0.264 e. The molecule has 3 aliphatic rings. The van der Waals surface area contributed by atoms with Crippen LogP contribution in [0.15, 0.2) is 90.4 Å². The molecule has 1 unspecified atom stereocenters. The van der Waals surface area contributed by atoms with Gasteiger partial charge < -0.3 is 47.2 Å². The van der Waals surface area contributed by atoms with E-state index in [9.17, 15) is 24.0 Å². The first-order valence-corrected chi connectivity index (χ1v) is 20.8. The maximum atomic E-state index is 13.4. The highest BCUT2D eigenvalue weighted by Gasteiger charge is 2.43. The predicted octanol–water partition coefficient (Wildman–Crippen LogP) is 3.23. The van der Waals surface area contributed by atoms with Gasteiger partial charge in [-0.25, -0.2) is 0 Å². The number of anilines is 1. The van der Waals surface area contributed by atoms with Gasteiger partial charge in [0.2, 0.25) is 11.8 Å². The minimum Gasteiger partial charge on any atom is -0.487 e. The summed E-state index contributed by atoms with van der Waals surface area (Å²) in [6.07, 6.45) is 6.49. The van der Waals surface area contributed by atoms with Crippen LogP contribution in [0.2, 0.25) is 0 Å². The summed E-state index contributed by atoms with van der Waals surface area (Å²) in [5.74, 6) is -0.373. The summed E-state index contributed by atoms with van der Waals surface area (Å²) in [6, 6.07) is 21.8. The number of nitrogens with two attached hydrogens (primary N) is 3. The second-order valence-corrected chi connectivity index (χ2v) is 15.4. The largest absolute Gasteiger partial charge is 0.487 e. The summed E-state index contributed by atoms with van der Waals surface area (Å²) in [5.41, 5.74) is 22.7. The first-order valence-electron chi connectivity index (χ1n) is 20.8. The average molecular weight is 820 g/mol. The van der Waals surface area contributed by atoms with Gasteiger partial charge in [0, 0.05) is 70.5 Å². The van der Waals surface area contributed by atoms with Gasteiger partial charge in [0.1, 0.15) is 30.0 Å². The lowest BCUT2D eigenvalue weighted by Gasteiger charge is -2.41. The number of amides is 4. The van der Waals surface area contributed by atoms with Gasteiger partial charge in [-0.05, 0) is 60.7 Å². The van der Waals surface area contributed by atoms with Crippen molar-refractivity contribution in [2.75, 3.05) is 58.2 Å². The van der Waals surface area contributed by atoms with E-state index in [1.54, 1.807) is 18.2 Å². The predicted molar refractivity (Wildman–Crippen MR) is 230 cm³/mol. The molecule has 15 nitrogen and oxygen atoms in total. The summed E-state index contributed by atoms with van der Waals surface area (Å²) >= 11 is 0. The van der Waals surface area contributed by atoms with Gasteiger partial charge in [-0.3, -0.25) is 29.0 Å². The zero-order valence-corrected chi connectivity index (χ0v) is 34.3. The second kappa shape index (κ2) is 20.6. The Bertz CT molecular complexity index is 2070. The zero-order chi connectivity index (χ0) is 42.6. The molecule has 3 heterocycles. The van der Waals surface area contributed by atoms with Crippen LogP contribution in [0.4, 0.5) is 5.69 Å². The van der Waals surface area contributed by atoms with Crippen molar-refractivity contribution in [3.8, 4) is 5.75 Å². The molecule has 60 heavy (non-hydrogen) atoms. The van der Waals surface area contributed by atoms with Gasteiger partial charge in [-0.1, -0.05) is 61.4 Å². The Kier molecular flexibility index (Phi) is 14.8. The van der Waals surface area contributed by atoms with E-state index in [4.69, 9.17) is 21.9 Å². The second-order valence-electron chi connectivity index (χ2n) is 15.4. The molecule has 15 heteroatoms. The van der Waals surface area contributed by atoms with Crippen molar-refractivity contribution in [2.24, 2.45) is 17.2 Å². The number of rotatable bonds is 20. The van der Waals surface area contributed by atoms with Gasteiger partial charge in [0.25, 0.3) is 11.8 Å². The molecule has 4 amide bonds. The number of allylic oxidation sites excluding steroid dienone is 1. The number of aldehydes is 1. The molecule has 6 rings (SSSR count). The highest BCUT2D eigenvalue weighted by molar-refractivity contribution is 6.25. The number of likely N-dealkylation sites (N-methyl/N-ethyl adjacent to an activating group) is 1. The maximum absolute atomic E-state index is 13.4. The number of likely N-dealkylation sites (tertiary alicyclic amines) is 1. The van der Waals surface area contributed by atoms with E-state index >= 15 is 0 Å². The van der Waals surface area contributed by atoms with Crippen molar-refractivity contribution < 1.29 is 28.7 Å². The Labute approximate surface area is 351 Å². The van der Waals surface area contributed by atoms with Gasteiger partial charge in [-0.2, -0.15) is 0 Å². The number of carbonyl (C=O) groups is 5. The molecule has 2 saturated heterocycles. The molecule has 3 aliphatic heterocycles. The van der Waals surface area contributed by atoms with Gasteiger partial charge in [0.05, 0.1) is 29.9 Å². The number of hydrogen-bond acceptors (Lipinski definition) is 12. The molecule has 8 N–H and O–H groups in total. The van der Waals surface area contributed by atoms with Crippen LogP contribution in [0, 0.1) is 0 Å². The van der Waals surface area contributed by atoms with Crippen LogP contribution in [-0.4, -0.2) is 115 Å². The number of piperazine rings is 1. The Balaban J connectivity index is 0.867. The minimum atomic E-state index is -1.06. The highest BCUT2D eigenvalue weighted by Crippen LogP contribution is 2.32. The first-order chi connectivity index (χ1) is 29.1. The van der Waals surface area contributed by atoms with Gasteiger partial charge in [-0.15, -0.1) is 0 Å². The molecule has 0 saturated carbocycles. The number of nitrogens with one attached hydrogen (secondary N) is 2. The van der Waals surface area contributed by atoms with E-state index in [2.05, 4.69) is 32.6 Å². The molecule has 2 fully saturated rings. The number of ether oxygens (including phenoxy) is 1. The van der Waals surface area contributed by atoms with E-state index in [1.165, 1.54) is 7.05 Å². The molecule has 3 aromatic carbocycles. The molecule has 0 bridgehead atoms. The monoisotopic (exact) mass is 819 g/mol. The molecule has 3 aromatic rings. The van der Waals surface area contributed by atoms with E-state index in [-0.39, 0.29) is 41.8 Å². The van der Waals surface area contributed by atoms with Crippen molar-refractivity contribution in [2.45, 2.75) is 63.6 Å². The Hall–Kier alpha value is -6.35. The lowest BCUT2D eigenvalue weighted by molar-refractivity contribution is -0.133. The topological polar surface area (TPSA) is 210 Å². The summed E-state index contributed by atoms with van der Waals surface area (Å²) in [7, 11) is 1.43. The van der Waals surface area contributed by atoms with E-state index in [0.29, 0.717) is 62.5 Å². The summed E-state index contributed by atoms with van der Waals surface area (Å²) in [6.45, 7) is 5.63. The molecule has 318 valence electrons. The summed E-state index contributed by atoms with van der Waals surface area (Å²) in [5, 5.41) is 5.78. The Morgan fingerprint density at radius 3 is 2.32 bits per heavy atom. The van der Waals surface area contributed by atoms with Gasteiger partial charge in [0.15, 0.2) is 0 Å². The van der Waals surface area contributed by atoms with Crippen molar-refractivity contribution in [3.63, 3.8) is 0 Å². The summed E-state index contributed by atoms with van der Waals surface area (Å²) < 4.78 is 6.30. The van der Waals surface area contributed by atoms with Crippen LogP contribution in [0.3, 0.4) is 0 Å². The lowest BCUT2D eigenvalue weighted by Crippen LogP contribution is -2.53. The molecule has 0 radical (unpaired) electrons. The molecule has 1 atom stereocenters. The van der Waals surface area contributed by atoms with Crippen LogP contribution in [0.1, 0.15) is 76.8 Å². The van der Waals surface area contributed by atoms with Crippen LogP contribution in [0.5, 0.6) is 5.75 Å². The van der Waals surface area contributed by atoms with E-state index in [0.717, 1.165) is 67.1 Å². The third-order valence-electron chi connectivity index (χ3n) is 11.2. The molecular weight excluding hydrogens is 763 g/mol. The minimum absolute atomic E-state index is 0.00707. The normalized spacial score (nSPS) is 16.2. The first kappa shape index (κ1) is 43.2. The number of nitrogens with zero attached hydrogens (tertiary/aromatic N) is 4. The van der Waals surface area contributed by atoms with Crippen LogP contribution >= 0.6 is 0 Å². The Morgan fingerprint density at radius 1 is 0.867 bits per heavy atom. The number of imide groups is 1. The van der Waals surface area contributed by atoms with Crippen molar-refractivity contribution in [1.82, 2.24) is 24.9 Å². The number of benzene rings is 3. The van der Waals surface area contributed by atoms with Crippen LogP contribution < -0.4 is 32.6 Å². The zero-order valence-electron chi connectivity index (χ0n) is 34.3. The number of hydrogen-bond donors (Lipinski definition) is 5. The van der Waals surface area contributed by atoms with Crippen LogP contribution in [0.25, 0.3) is 5.70 Å². The number of unbranched alkanes of at least 4 members (excludes halogenated alkanes) is 3. The average Bonchev–Trinajstić information content (AvgIpc) is 3.50. The fourth-order valence-electron chi connectivity index (χ4n) is 7.89. The standard InChI is InChI=1S/C45H57N9O6/c1-49-43(57)38(18-11-25-55)54-44(58)35-16-10-17-37(41(35)45(54)59)50-20-8-3-2-7-19-40(56)52-23-21-51(22-24-52)28-31-12-9-15-33(26-31)60-34-29-53(30-34)39(42(47)48)27-36(46)32-13-5-4-6-14-32/h4-6,9-10,12-17,25-27,34,38,50H,2-3,7-8,11,18-24,28-30,46-48H2,1H3,(H,49,57)/b36-27-. The lowest BCUT2D eigenvalue weighted by atomic mass is 10.1. The van der Waals surface area contributed by atoms with Crippen molar-refractivity contribution in [1.29, 1.82) is 0 Å². The van der Waals surface area contributed by atoms with E-state index < -0.39 is 23.8 Å². The number of carbonyl (C=O) groups excluding carboxylic acids is 5. The fraction of sp³-hybridized carbons (Fsp3) is 0.400. The van der Waals surface area contributed by atoms with Crippen LogP contribution in [-0.2, 0) is 20.9 Å². The van der Waals surface area contributed by atoms with E-state index in [1.807, 2.05) is 53.4 Å². The van der Waals surface area contributed by atoms with Crippen molar-refractivity contribution in [3.05, 3.63) is 113 Å². The van der Waals surface area contributed by atoms with Gasteiger partial charge >= 0.3 is 0 Å². The SMILES string of the molecule is CNC(=O)C(CCC=O)N1C(=O)c2cccc(NCCCCCCC(=O)N3CCN(Cc4cccc(OC5CN(C(/C=C(\N)c6ccccc6)=C(N)N)C5)c4)CC3)c2C1=O. The summed E-state index contributed by atoms with van der Waals surface area (Å²) in [4.78, 5) is 70.5. The Morgan fingerprint density at radius 2 is 1.60 bits per heavy atom. The molecular formula is C45H57N9O6. The quantitative estimate of drug-likeness (QED) is 0.0482. The third-order valence-corrected chi connectivity index (χ3v) is 11.2. The number of fused-ring (bicyclic) bond motifs is 1. The molecule has 0 aromatic heterocycles.